The van der Waals surface area contributed by atoms with Crippen molar-refractivity contribution >= 4 is 23.2 Å². The van der Waals surface area contributed by atoms with Crippen molar-refractivity contribution in [1.29, 1.82) is 0 Å². The summed E-state index contributed by atoms with van der Waals surface area (Å²) in [5, 5.41) is 21.6. The monoisotopic (exact) mass is 523 g/mol. The fraction of sp³-hybridized carbons (Fsp3) is 0.200. The maximum Gasteiger partial charge on any atom is 0.326 e. The molecule has 0 fully saturated rings. The predicted molar refractivity (Wildman–Crippen MR) is 136 cm³/mol. The maximum atomic E-state index is 12.5. The molecular weight excluding hydrogens is 498 g/mol. The fourth-order valence-corrected chi connectivity index (χ4v) is 4.36. The normalized spacial score (nSPS) is 12.6. The lowest BCUT2D eigenvalue weighted by atomic mass is 10.0. The molecule has 11 nitrogen and oxygen atoms in total. The Morgan fingerprint density at radius 2 is 1.70 bits per heavy atom. The van der Waals surface area contributed by atoms with Gasteiger partial charge in [-0.3, -0.25) is 14.6 Å². The summed E-state index contributed by atoms with van der Waals surface area (Å²) < 4.78 is 5.86. The lowest BCUT2D eigenvalue weighted by Gasteiger charge is -2.17. The van der Waals surface area contributed by atoms with E-state index in [1.807, 2.05) is 12.1 Å². The van der Waals surface area contributed by atoms with Crippen LogP contribution in [-0.2, 0) is 28.9 Å². The number of rotatable bonds is 11. The van der Waals surface area contributed by atoms with Crippen LogP contribution in [0.25, 0.3) is 0 Å². The molecular formula is C25H25N5O6S. The van der Waals surface area contributed by atoms with E-state index in [4.69, 9.17) is 10.5 Å². The molecule has 192 valence electrons. The molecule has 0 radical (unpaired) electrons. The Balaban J connectivity index is 1.29. The molecule has 12 heteroatoms. The van der Waals surface area contributed by atoms with E-state index in [1.165, 1.54) is 12.5 Å². The smallest absolute Gasteiger partial charge is 0.326 e. The first-order valence-electron chi connectivity index (χ1n) is 11.3. The number of carboxylic acids is 1. The van der Waals surface area contributed by atoms with E-state index in [0.717, 1.165) is 22.5 Å². The molecule has 4 rings (SSSR count). The highest BCUT2D eigenvalue weighted by Crippen LogP contribution is 2.25. The quantitative estimate of drug-likeness (QED) is 0.172. The number of carbonyl (C=O) groups excluding carboxylic acids is 1. The number of aliphatic carboxylic acids is 1. The van der Waals surface area contributed by atoms with Crippen molar-refractivity contribution in [2.24, 2.45) is 5.73 Å². The number of carbonyl (C=O) groups is 2. The number of aromatic nitrogens is 3. The summed E-state index contributed by atoms with van der Waals surface area (Å²) in [6, 6.07) is 12.3. The lowest BCUT2D eigenvalue weighted by Crippen LogP contribution is -2.50. The van der Waals surface area contributed by atoms with E-state index in [-0.39, 0.29) is 23.6 Å². The Labute approximate surface area is 215 Å². The Kier molecular flexibility index (Phi) is 8.01. The van der Waals surface area contributed by atoms with Crippen LogP contribution in [0.1, 0.15) is 21.7 Å². The molecule has 0 aliphatic rings. The van der Waals surface area contributed by atoms with Crippen molar-refractivity contribution in [2.45, 2.75) is 31.3 Å². The molecule has 0 saturated heterocycles. The van der Waals surface area contributed by atoms with Gasteiger partial charge in [0.2, 0.25) is 11.8 Å². The average molecular weight is 524 g/mol. The van der Waals surface area contributed by atoms with Crippen LogP contribution in [0.4, 0.5) is 0 Å². The summed E-state index contributed by atoms with van der Waals surface area (Å²) in [4.78, 5) is 44.6. The van der Waals surface area contributed by atoms with Crippen LogP contribution in [0, 0.1) is 0 Å². The Hall–Kier alpha value is -4.42. The van der Waals surface area contributed by atoms with Crippen LogP contribution < -0.4 is 20.7 Å². The number of hydrogen-bond acceptors (Lipinski definition) is 8. The van der Waals surface area contributed by atoms with E-state index in [9.17, 15) is 24.6 Å². The largest absolute Gasteiger partial charge is 0.494 e. The van der Waals surface area contributed by atoms with Gasteiger partial charge in [0.15, 0.2) is 0 Å². The van der Waals surface area contributed by atoms with Crippen LogP contribution in [0.5, 0.6) is 17.4 Å². The van der Waals surface area contributed by atoms with E-state index >= 15 is 0 Å². The summed E-state index contributed by atoms with van der Waals surface area (Å²) in [5.74, 6) is -0.641. The Morgan fingerprint density at radius 3 is 2.24 bits per heavy atom. The number of nitrogens with zero attached hydrogens (tertiary/aromatic N) is 1. The number of amides is 1. The second-order valence-corrected chi connectivity index (χ2v) is 9.41. The standard InChI is InChI=1S/C25H25N5O6S/c26-19(22(31)29-20(24(33)34)11-16-12-27-13-28-16)9-14-1-5-17(6-2-14)36-18-7-3-15(4-8-18)10-21-23(32)30-25(35)37-21/h1-8,12-13,19-20,32H,9-11,26H2,(H,27,28)(H,29,31)(H,30,35)(H,33,34). The summed E-state index contributed by atoms with van der Waals surface area (Å²) in [6.45, 7) is 0. The van der Waals surface area contributed by atoms with Gasteiger partial charge in [-0.2, -0.15) is 0 Å². The number of thiazole rings is 1. The number of aromatic amines is 2. The zero-order valence-electron chi connectivity index (χ0n) is 19.5. The third kappa shape index (κ3) is 7.06. The molecule has 2 atom stereocenters. The number of aromatic hydroxyl groups is 1. The van der Waals surface area contributed by atoms with Crippen LogP contribution >= 0.6 is 11.3 Å². The number of nitrogens with one attached hydrogen (secondary N) is 3. The van der Waals surface area contributed by atoms with E-state index in [2.05, 4.69) is 20.3 Å². The molecule has 2 aromatic heterocycles. The van der Waals surface area contributed by atoms with Crippen molar-refractivity contribution in [1.82, 2.24) is 20.3 Å². The first kappa shape index (κ1) is 25.7. The number of ether oxygens (including phenoxy) is 1. The fourth-order valence-electron chi connectivity index (χ4n) is 3.60. The van der Waals surface area contributed by atoms with Crippen molar-refractivity contribution in [3.05, 3.63) is 92.4 Å². The topological polar surface area (TPSA) is 183 Å². The van der Waals surface area contributed by atoms with E-state index in [1.54, 1.807) is 36.4 Å². The van der Waals surface area contributed by atoms with Gasteiger partial charge in [-0.1, -0.05) is 35.6 Å². The SMILES string of the molecule is NC(Cc1ccc(Oc2ccc(Cc3sc(=O)[nH]c3O)cc2)cc1)C(=O)NC(Cc1cnc[nH]1)C(=O)O. The Morgan fingerprint density at radius 1 is 1.05 bits per heavy atom. The third-order valence-corrected chi connectivity index (χ3v) is 6.40. The minimum atomic E-state index is -1.16. The number of carboxylic acid groups (broad SMARTS) is 1. The number of H-pyrrole nitrogens is 2. The second kappa shape index (κ2) is 11.5. The first-order valence-corrected chi connectivity index (χ1v) is 12.1. The molecule has 0 aliphatic carbocycles. The third-order valence-electron chi connectivity index (χ3n) is 5.53. The first-order chi connectivity index (χ1) is 17.8. The molecule has 7 N–H and O–H groups in total. The zero-order chi connectivity index (χ0) is 26.4. The average Bonchev–Trinajstić information content (AvgIpc) is 3.49. The van der Waals surface area contributed by atoms with Crippen molar-refractivity contribution in [3.63, 3.8) is 0 Å². The zero-order valence-corrected chi connectivity index (χ0v) is 20.3. The second-order valence-electron chi connectivity index (χ2n) is 8.34. The predicted octanol–water partition coefficient (Wildman–Crippen LogP) is 1.93. The van der Waals surface area contributed by atoms with Crippen molar-refractivity contribution in [3.8, 4) is 17.4 Å². The minimum Gasteiger partial charge on any atom is -0.494 e. The molecule has 2 aromatic carbocycles. The van der Waals surface area contributed by atoms with Gasteiger partial charge in [-0.05, 0) is 41.8 Å². The molecule has 0 aliphatic heterocycles. The van der Waals surface area contributed by atoms with Gasteiger partial charge in [0.25, 0.3) is 0 Å². The van der Waals surface area contributed by atoms with Gasteiger partial charge in [-0.25, -0.2) is 9.78 Å². The van der Waals surface area contributed by atoms with E-state index in [0.29, 0.717) is 28.5 Å². The highest BCUT2D eigenvalue weighted by atomic mass is 32.1. The van der Waals surface area contributed by atoms with Crippen LogP contribution in [0.2, 0.25) is 0 Å². The number of nitrogens with two attached hydrogens (primary N) is 1. The van der Waals surface area contributed by atoms with Gasteiger partial charge in [-0.15, -0.1) is 0 Å². The van der Waals surface area contributed by atoms with E-state index < -0.39 is 24.0 Å². The molecule has 4 aromatic rings. The summed E-state index contributed by atoms with van der Waals surface area (Å²) in [5.41, 5.74) is 8.31. The van der Waals surface area contributed by atoms with Gasteiger partial charge in [0.1, 0.15) is 17.5 Å². The molecule has 37 heavy (non-hydrogen) atoms. The molecule has 1 amide bonds. The minimum absolute atomic E-state index is 0.0665. The molecule has 2 heterocycles. The summed E-state index contributed by atoms with van der Waals surface area (Å²) in [6.07, 6.45) is 3.65. The molecule has 0 saturated carbocycles. The summed E-state index contributed by atoms with van der Waals surface area (Å²) >= 11 is 0.972. The van der Waals surface area contributed by atoms with Crippen LogP contribution in [0.15, 0.2) is 65.8 Å². The summed E-state index contributed by atoms with van der Waals surface area (Å²) in [7, 11) is 0. The van der Waals surface area contributed by atoms with Crippen LogP contribution in [-0.4, -0.2) is 49.1 Å². The lowest BCUT2D eigenvalue weighted by molar-refractivity contribution is -0.142. The number of hydrogen-bond donors (Lipinski definition) is 6. The van der Waals surface area contributed by atoms with Gasteiger partial charge < -0.3 is 31.0 Å². The highest BCUT2D eigenvalue weighted by Gasteiger charge is 2.24. The van der Waals surface area contributed by atoms with Crippen molar-refractivity contribution < 1.29 is 24.5 Å². The molecule has 0 spiro atoms. The number of imidazole rings is 1. The molecule has 2 unspecified atom stereocenters. The maximum absolute atomic E-state index is 12.5. The van der Waals surface area contributed by atoms with Gasteiger partial charge in [0, 0.05) is 24.7 Å². The van der Waals surface area contributed by atoms with Gasteiger partial charge >= 0.3 is 10.8 Å². The highest BCUT2D eigenvalue weighted by molar-refractivity contribution is 7.09. The molecule has 0 bridgehead atoms. The number of benzene rings is 2. The van der Waals surface area contributed by atoms with Gasteiger partial charge in [0.05, 0.1) is 17.2 Å². The van der Waals surface area contributed by atoms with Crippen LogP contribution in [0.3, 0.4) is 0 Å². The Bertz CT molecular complexity index is 1400. The van der Waals surface area contributed by atoms with Crippen molar-refractivity contribution in [2.75, 3.05) is 0 Å².